The van der Waals surface area contributed by atoms with E-state index >= 15 is 0 Å². The number of halogens is 1. The van der Waals surface area contributed by atoms with Gasteiger partial charge in [-0.25, -0.2) is 12.8 Å². The molecule has 1 amide bonds. The molecule has 3 aromatic rings. The molecule has 2 N–H and O–H groups in total. The van der Waals surface area contributed by atoms with Gasteiger partial charge in [0.2, 0.25) is 0 Å². The molecule has 9 heteroatoms. The number of carbonyl (C=O) groups excluding carboxylic acids is 1. The van der Waals surface area contributed by atoms with Crippen LogP contribution in [0.2, 0.25) is 0 Å². The second-order valence-electron chi connectivity index (χ2n) is 6.61. The molecule has 0 unspecified atom stereocenters. The van der Waals surface area contributed by atoms with Crippen molar-refractivity contribution in [1.82, 2.24) is 0 Å². The first kappa shape index (κ1) is 22.1. The van der Waals surface area contributed by atoms with Gasteiger partial charge in [0.1, 0.15) is 5.82 Å². The van der Waals surface area contributed by atoms with Crippen molar-refractivity contribution in [3.8, 4) is 11.5 Å². The second kappa shape index (κ2) is 9.05. The second-order valence-corrected chi connectivity index (χ2v) is 8.30. The highest BCUT2D eigenvalue weighted by atomic mass is 32.2. The number of amides is 1. The van der Waals surface area contributed by atoms with Crippen LogP contribution in [0.25, 0.3) is 0 Å². The summed E-state index contributed by atoms with van der Waals surface area (Å²) in [5.74, 6) is 0.131. The van der Waals surface area contributed by atoms with Gasteiger partial charge in [0.05, 0.1) is 19.1 Å². The zero-order valence-electron chi connectivity index (χ0n) is 17.1. The maximum atomic E-state index is 13.0. The monoisotopic (exact) mass is 444 g/mol. The lowest BCUT2D eigenvalue weighted by Crippen LogP contribution is -2.15. The third-order valence-electron chi connectivity index (χ3n) is 4.50. The Hall–Kier alpha value is -3.59. The average Bonchev–Trinajstić information content (AvgIpc) is 2.76. The maximum Gasteiger partial charge on any atom is 0.261 e. The van der Waals surface area contributed by atoms with Crippen LogP contribution in [0.15, 0.2) is 65.6 Å². The fourth-order valence-electron chi connectivity index (χ4n) is 2.83. The van der Waals surface area contributed by atoms with E-state index in [2.05, 4.69) is 10.0 Å². The van der Waals surface area contributed by atoms with Crippen molar-refractivity contribution >= 4 is 27.3 Å². The van der Waals surface area contributed by atoms with Gasteiger partial charge >= 0.3 is 0 Å². The summed E-state index contributed by atoms with van der Waals surface area (Å²) in [5.41, 5.74) is 1.81. The van der Waals surface area contributed by atoms with Gasteiger partial charge in [-0.2, -0.15) is 0 Å². The minimum atomic E-state index is -3.89. The molecule has 0 aromatic heterocycles. The van der Waals surface area contributed by atoms with E-state index in [9.17, 15) is 17.6 Å². The van der Waals surface area contributed by atoms with Gasteiger partial charge in [-0.3, -0.25) is 9.52 Å². The van der Waals surface area contributed by atoms with Gasteiger partial charge in [0.25, 0.3) is 15.9 Å². The molecule has 0 saturated carbocycles. The summed E-state index contributed by atoms with van der Waals surface area (Å²) in [6.07, 6.45) is 0. The van der Waals surface area contributed by atoms with Crippen molar-refractivity contribution in [1.29, 1.82) is 0 Å². The van der Waals surface area contributed by atoms with E-state index in [1.165, 1.54) is 50.6 Å². The minimum Gasteiger partial charge on any atom is -0.493 e. The summed E-state index contributed by atoms with van der Waals surface area (Å²) in [6.45, 7) is 1.81. The number of carbonyl (C=O) groups is 1. The Bertz CT molecular complexity index is 1190. The Morgan fingerprint density at radius 2 is 1.48 bits per heavy atom. The standard InChI is InChI=1S/C22H21FN2O5S/c1-14-12-20(29-2)21(30-3)13-19(14)24-22(26)15-4-10-18(11-5-15)31(27,28)25-17-8-6-16(23)7-9-17/h4-13,25H,1-3H3,(H,24,26). The first-order valence-corrected chi connectivity index (χ1v) is 10.6. The predicted molar refractivity (Wildman–Crippen MR) is 116 cm³/mol. The van der Waals surface area contributed by atoms with Crippen LogP contribution < -0.4 is 19.5 Å². The van der Waals surface area contributed by atoms with Gasteiger partial charge in [0.15, 0.2) is 11.5 Å². The van der Waals surface area contributed by atoms with Crippen molar-refractivity contribution in [3.63, 3.8) is 0 Å². The minimum absolute atomic E-state index is 0.0318. The molecule has 162 valence electrons. The first-order valence-electron chi connectivity index (χ1n) is 9.16. The summed E-state index contributed by atoms with van der Waals surface area (Å²) < 4.78 is 50.9. The molecule has 0 fully saturated rings. The Kier molecular flexibility index (Phi) is 6.45. The van der Waals surface area contributed by atoms with Crippen molar-refractivity contribution in [2.24, 2.45) is 0 Å². The summed E-state index contributed by atoms with van der Waals surface area (Å²) in [4.78, 5) is 12.6. The maximum absolute atomic E-state index is 13.0. The van der Waals surface area contributed by atoms with Crippen LogP contribution in [0.5, 0.6) is 11.5 Å². The van der Waals surface area contributed by atoms with Crippen LogP contribution in [0.1, 0.15) is 15.9 Å². The number of anilines is 2. The Morgan fingerprint density at radius 3 is 2.06 bits per heavy atom. The van der Waals surface area contributed by atoms with E-state index < -0.39 is 21.7 Å². The number of ether oxygens (including phenoxy) is 2. The summed E-state index contributed by atoms with van der Waals surface area (Å²) in [5, 5.41) is 2.78. The Morgan fingerprint density at radius 1 is 0.903 bits per heavy atom. The van der Waals surface area contributed by atoms with Crippen molar-refractivity contribution in [2.45, 2.75) is 11.8 Å². The number of benzene rings is 3. The highest BCUT2D eigenvalue weighted by molar-refractivity contribution is 7.92. The summed E-state index contributed by atoms with van der Waals surface area (Å²) in [7, 11) is -0.864. The number of sulfonamides is 1. The molecule has 0 heterocycles. The molecule has 7 nitrogen and oxygen atoms in total. The average molecular weight is 444 g/mol. The largest absolute Gasteiger partial charge is 0.493 e. The molecular formula is C22H21FN2O5S. The van der Waals surface area contributed by atoms with E-state index in [4.69, 9.17) is 9.47 Å². The van der Waals surface area contributed by atoms with Gasteiger partial charge in [-0.1, -0.05) is 0 Å². The number of hydrogen-bond acceptors (Lipinski definition) is 5. The Labute approximate surface area is 179 Å². The smallest absolute Gasteiger partial charge is 0.261 e. The van der Waals surface area contributed by atoms with Crippen LogP contribution in [0.4, 0.5) is 15.8 Å². The van der Waals surface area contributed by atoms with Gasteiger partial charge in [0, 0.05) is 23.0 Å². The molecule has 3 aromatic carbocycles. The lowest BCUT2D eigenvalue weighted by atomic mass is 10.1. The fourth-order valence-corrected chi connectivity index (χ4v) is 3.89. The van der Waals surface area contributed by atoms with Crippen LogP contribution >= 0.6 is 0 Å². The number of nitrogens with one attached hydrogen (secondary N) is 2. The third kappa shape index (κ3) is 5.13. The van der Waals surface area contributed by atoms with E-state index in [1.54, 1.807) is 12.1 Å². The lowest BCUT2D eigenvalue weighted by Gasteiger charge is -2.14. The molecule has 0 radical (unpaired) electrons. The highest BCUT2D eigenvalue weighted by Gasteiger charge is 2.16. The molecule has 0 saturated heterocycles. The molecule has 0 spiro atoms. The van der Waals surface area contributed by atoms with E-state index in [0.717, 1.165) is 17.7 Å². The molecule has 0 aliphatic heterocycles. The molecule has 0 atom stereocenters. The number of aryl methyl sites for hydroxylation is 1. The number of hydrogen-bond donors (Lipinski definition) is 2. The zero-order valence-corrected chi connectivity index (χ0v) is 17.9. The lowest BCUT2D eigenvalue weighted by molar-refractivity contribution is 0.102. The van der Waals surface area contributed by atoms with Crippen LogP contribution in [-0.4, -0.2) is 28.5 Å². The van der Waals surface area contributed by atoms with Gasteiger partial charge < -0.3 is 14.8 Å². The molecule has 0 bridgehead atoms. The van der Waals surface area contributed by atoms with E-state index in [1.807, 2.05) is 6.92 Å². The van der Waals surface area contributed by atoms with E-state index in [0.29, 0.717) is 17.2 Å². The summed E-state index contributed by atoms with van der Waals surface area (Å²) in [6, 6.07) is 13.8. The van der Waals surface area contributed by atoms with Crippen molar-refractivity contribution in [3.05, 3.63) is 77.6 Å². The topological polar surface area (TPSA) is 93.7 Å². The van der Waals surface area contributed by atoms with Crippen LogP contribution in [-0.2, 0) is 10.0 Å². The molecular weight excluding hydrogens is 423 g/mol. The third-order valence-corrected chi connectivity index (χ3v) is 5.90. The van der Waals surface area contributed by atoms with Crippen LogP contribution in [0.3, 0.4) is 0 Å². The fraction of sp³-hybridized carbons (Fsp3) is 0.136. The van der Waals surface area contributed by atoms with E-state index in [-0.39, 0.29) is 16.1 Å². The van der Waals surface area contributed by atoms with Crippen molar-refractivity contribution < 1.29 is 27.1 Å². The molecule has 3 rings (SSSR count). The number of rotatable bonds is 7. The number of methoxy groups -OCH3 is 2. The highest BCUT2D eigenvalue weighted by Crippen LogP contribution is 2.33. The molecule has 0 aliphatic carbocycles. The first-order chi connectivity index (χ1) is 14.7. The Balaban J connectivity index is 1.76. The SMILES string of the molecule is COc1cc(C)c(NC(=O)c2ccc(S(=O)(=O)Nc3ccc(F)cc3)cc2)cc1OC. The van der Waals surface area contributed by atoms with Gasteiger partial charge in [-0.15, -0.1) is 0 Å². The summed E-state index contributed by atoms with van der Waals surface area (Å²) >= 11 is 0. The quantitative estimate of drug-likeness (QED) is 0.570. The van der Waals surface area contributed by atoms with Crippen LogP contribution in [0, 0.1) is 12.7 Å². The van der Waals surface area contributed by atoms with Crippen molar-refractivity contribution in [2.75, 3.05) is 24.3 Å². The molecule has 31 heavy (non-hydrogen) atoms. The predicted octanol–water partition coefficient (Wildman–Crippen LogP) is 4.20. The molecule has 0 aliphatic rings. The zero-order chi connectivity index (χ0) is 22.6. The normalized spacial score (nSPS) is 11.0. The van der Waals surface area contributed by atoms with Gasteiger partial charge in [-0.05, 0) is 67.1 Å².